The Morgan fingerprint density at radius 3 is 0.909 bits per heavy atom. The average Bonchev–Trinajstić information content (AvgIpc) is 2.54. The van der Waals surface area contributed by atoms with Gasteiger partial charge in [0.15, 0.2) is 0 Å². The van der Waals surface area contributed by atoms with Gasteiger partial charge in [0, 0.05) is 39.6 Å². The van der Waals surface area contributed by atoms with Crippen molar-refractivity contribution in [3.8, 4) is 0 Å². The molecule has 0 aromatic rings. The maximum atomic E-state index is 8.65. The molecule has 0 aliphatic rings. The van der Waals surface area contributed by atoms with Crippen molar-refractivity contribution in [3.05, 3.63) is 0 Å². The molecule has 0 radical (unpaired) electrons. The molecule has 0 aromatic carbocycles. The summed E-state index contributed by atoms with van der Waals surface area (Å²) in [7, 11) is 0. The lowest BCUT2D eigenvalue weighted by atomic mass is 10.2. The third-order valence-electron chi connectivity index (χ3n) is 3.72. The van der Waals surface area contributed by atoms with E-state index < -0.39 is 0 Å². The normalized spacial score (nSPS) is 11.2. The molecule has 0 atom stereocenters. The Morgan fingerprint density at radius 1 is 0.364 bits per heavy atom. The van der Waals surface area contributed by atoms with Crippen LogP contribution in [0.15, 0.2) is 0 Å². The Balaban J connectivity index is 2.91. The van der Waals surface area contributed by atoms with Crippen LogP contribution < -0.4 is 0 Å². The standard InChI is InChI=1S/C18H38O4/c19-13-7-1-3-9-15-21-17-11-5-6-12-18-22-16-10-4-2-8-14-20/h19-20H,1-18H2. The number of hydrogen-bond acceptors (Lipinski definition) is 4. The monoisotopic (exact) mass is 318 g/mol. The van der Waals surface area contributed by atoms with E-state index in [1.807, 2.05) is 0 Å². The van der Waals surface area contributed by atoms with Gasteiger partial charge in [0.05, 0.1) is 0 Å². The molecule has 0 unspecified atom stereocenters. The maximum Gasteiger partial charge on any atom is 0.0466 e. The summed E-state index contributed by atoms with van der Waals surface area (Å²) in [5.74, 6) is 0. The molecule has 0 aliphatic heterocycles. The van der Waals surface area contributed by atoms with E-state index in [-0.39, 0.29) is 0 Å². The van der Waals surface area contributed by atoms with E-state index >= 15 is 0 Å². The first-order valence-electron chi connectivity index (χ1n) is 9.29. The van der Waals surface area contributed by atoms with Crippen molar-refractivity contribution in [2.45, 2.75) is 77.0 Å². The van der Waals surface area contributed by atoms with Crippen LogP contribution in [0.3, 0.4) is 0 Å². The molecule has 0 aromatic heterocycles. The molecular weight excluding hydrogens is 280 g/mol. The predicted molar refractivity (Wildman–Crippen MR) is 91.2 cm³/mol. The summed E-state index contributed by atoms with van der Waals surface area (Å²) in [5.41, 5.74) is 0. The Kier molecular flexibility index (Phi) is 20.7. The van der Waals surface area contributed by atoms with Gasteiger partial charge in [-0.05, 0) is 38.5 Å². The fourth-order valence-corrected chi connectivity index (χ4v) is 2.30. The Hall–Kier alpha value is -0.160. The molecule has 0 amide bonds. The van der Waals surface area contributed by atoms with Crippen LogP contribution in [0.5, 0.6) is 0 Å². The van der Waals surface area contributed by atoms with Gasteiger partial charge in [-0.15, -0.1) is 0 Å². The van der Waals surface area contributed by atoms with E-state index in [0.717, 1.165) is 90.6 Å². The number of unbranched alkanes of at least 4 members (excludes halogenated alkanes) is 9. The van der Waals surface area contributed by atoms with Crippen LogP contribution in [0.1, 0.15) is 77.0 Å². The highest BCUT2D eigenvalue weighted by Crippen LogP contribution is 2.04. The molecule has 0 spiro atoms. The van der Waals surface area contributed by atoms with Crippen LogP contribution in [0, 0.1) is 0 Å². The molecule has 0 saturated carbocycles. The first-order chi connectivity index (χ1) is 10.9. The molecule has 0 bridgehead atoms. The summed E-state index contributed by atoms with van der Waals surface area (Å²) in [6.07, 6.45) is 13.4. The Morgan fingerprint density at radius 2 is 0.636 bits per heavy atom. The van der Waals surface area contributed by atoms with Crippen LogP contribution in [0.2, 0.25) is 0 Å². The van der Waals surface area contributed by atoms with Crippen molar-refractivity contribution in [2.24, 2.45) is 0 Å². The summed E-state index contributed by atoms with van der Waals surface area (Å²) in [5, 5.41) is 17.3. The minimum absolute atomic E-state index is 0.314. The highest BCUT2D eigenvalue weighted by atomic mass is 16.5. The number of aliphatic hydroxyl groups is 2. The molecule has 0 aliphatic carbocycles. The first-order valence-corrected chi connectivity index (χ1v) is 9.29. The number of rotatable bonds is 19. The number of hydrogen-bond donors (Lipinski definition) is 2. The maximum absolute atomic E-state index is 8.65. The molecule has 0 rings (SSSR count). The van der Waals surface area contributed by atoms with Crippen LogP contribution in [-0.4, -0.2) is 49.9 Å². The fraction of sp³-hybridized carbons (Fsp3) is 1.00. The van der Waals surface area contributed by atoms with Gasteiger partial charge in [0.1, 0.15) is 0 Å². The van der Waals surface area contributed by atoms with Gasteiger partial charge in [0.25, 0.3) is 0 Å². The zero-order valence-electron chi connectivity index (χ0n) is 14.4. The third kappa shape index (κ3) is 19.8. The quantitative estimate of drug-likeness (QED) is 0.357. The lowest BCUT2D eigenvalue weighted by Gasteiger charge is -2.05. The molecular formula is C18H38O4. The van der Waals surface area contributed by atoms with E-state index in [2.05, 4.69) is 0 Å². The minimum atomic E-state index is 0.314. The highest BCUT2D eigenvalue weighted by molar-refractivity contribution is 4.46. The van der Waals surface area contributed by atoms with E-state index in [4.69, 9.17) is 19.7 Å². The second-order valence-corrected chi connectivity index (χ2v) is 5.91. The lowest BCUT2D eigenvalue weighted by Crippen LogP contribution is -1.99. The van der Waals surface area contributed by atoms with Crippen LogP contribution in [-0.2, 0) is 9.47 Å². The molecule has 134 valence electrons. The second-order valence-electron chi connectivity index (χ2n) is 5.91. The van der Waals surface area contributed by atoms with Gasteiger partial charge >= 0.3 is 0 Å². The van der Waals surface area contributed by atoms with E-state index in [0.29, 0.717) is 13.2 Å². The smallest absolute Gasteiger partial charge is 0.0466 e. The molecule has 4 nitrogen and oxygen atoms in total. The van der Waals surface area contributed by atoms with Crippen LogP contribution in [0.25, 0.3) is 0 Å². The van der Waals surface area contributed by atoms with E-state index in [9.17, 15) is 0 Å². The summed E-state index contributed by atoms with van der Waals surface area (Å²) < 4.78 is 11.2. The van der Waals surface area contributed by atoms with Gasteiger partial charge in [-0.3, -0.25) is 0 Å². The van der Waals surface area contributed by atoms with Crippen molar-refractivity contribution in [1.82, 2.24) is 0 Å². The number of aliphatic hydroxyl groups excluding tert-OH is 2. The lowest BCUT2D eigenvalue weighted by molar-refractivity contribution is 0.117. The van der Waals surface area contributed by atoms with Crippen molar-refractivity contribution >= 4 is 0 Å². The molecule has 0 heterocycles. The molecule has 0 fully saturated rings. The van der Waals surface area contributed by atoms with Crippen molar-refractivity contribution in [2.75, 3.05) is 39.6 Å². The van der Waals surface area contributed by atoms with Crippen molar-refractivity contribution in [3.63, 3.8) is 0 Å². The largest absolute Gasteiger partial charge is 0.396 e. The fourth-order valence-electron chi connectivity index (χ4n) is 2.30. The summed E-state index contributed by atoms with van der Waals surface area (Å²) in [6.45, 7) is 4.12. The summed E-state index contributed by atoms with van der Waals surface area (Å²) in [6, 6.07) is 0. The van der Waals surface area contributed by atoms with Gasteiger partial charge < -0.3 is 19.7 Å². The predicted octanol–water partition coefficient (Wildman–Crippen LogP) is 3.69. The zero-order chi connectivity index (χ0) is 16.1. The number of ether oxygens (including phenoxy) is 2. The van der Waals surface area contributed by atoms with E-state index in [1.165, 1.54) is 12.8 Å². The average molecular weight is 318 g/mol. The van der Waals surface area contributed by atoms with Crippen LogP contribution in [0.4, 0.5) is 0 Å². The van der Waals surface area contributed by atoms with Gasteiger partial charge in [-0.25, -0.2) is 0 Å². The van der Waals surface area contributed by atoms with Crippen molar-refractivity contribution in [1.29, 1.82) is 0 Å². The zero-order valence-corrected chi connectivity index (χ0v) is 14.4. The third-order valence-corrected chi connectivity index (χ3v) is 3.72. The topological polar surface area (TPSA) is 58.9 Å². The van der Waals surface area contributed by atoms with Gasteiger partial charge in [-0.1, -0.05) is 38.5 Å². The second kappa shape index (κ2) is 20.8. The van der Waals surface area contributed by atoms with Crippen molar-refractivity contribution < 1.29 is 19.7 Å². The molecule has 0 saturated heterocycles. The molecule has 22 heavy (non-hydrogen) atoms. The van der Waals surface area contributed by atoms with E-state index in [1.54, 1.807) is 0 Å². The first kappa shape index (κ1) is 21.8. The summed E-state index contributed by atoms with van der Waals surface area (Å²) in [4.78, 5) is 0. The van der Waals surface area contributed by atoms with Gasteiger partial charge in [0.2, 0.25) is 0 Å². The SMILES string of the molecule is OCCCCCCOCCCCCCOCCCCCCO. The molecule has 4 heteroatoms. The highest BCUT2D eigenvalue weighted by Gasteiger charge is 1.94. The Labute approximate surface area is 137 Å². The molecule has 2 N–H and O–H groups in total. The Bertz CT molecular complexity index is 168. The minimum Gasteiger partial charge on any atom is -0.396 e. The summed E-state index contributed by atoms with van der Waals surface area (Å²) >= 11 is 0. The van der Waals surface area contributed by atoms with Crippen LogP contribution >= 0.6 is 0 Å². The van der Waals surface area contributed by atoms with Gasteiger partial charge in [-0.2, -0.15) is 0 Å².